The van der Waals surface area contributed by atoms with Gasteiger partial charge >= 0.3 is 0 Å². The quantitative estimate of drug-likeness (QED) is 0.523. The molecule has 5 heteroatoms. The van der Waals surface area contributed by atoms with Crippen LogP contribution in [0.2, 0.25) is 0 Å². The smallest absolute Gasteiger partial charge is 0.184 e. The van der Waals surface area contributed by atoms with Crippen LogP contribution in [0.1, 0.15) is 38.2 Å². The first-order valence-electron chi connectivity index (χ1n) is 9.73. The zero-order chi connectivity index (χ0) is 19.5. The van der Waals surface area contributed by atoms with E-state index >= 15 is 0 Å². The summed E-state index contributed by atoms with van der Waals surface area (Å²) in [7, 11) is 0. The second kappa shape index (κ2) is 8.43. The summed E-state index contributed by atoms with van der Waals surface area (Å²) in [6.07, 6.45) is 2.83. The van der Waals surface area contributed by atoms with Crippen LogP contribution in [0.15, 0.2) is 48.7 Å². The number of hydrogen-bond acceptors (Lipinski definition) is 5. The van der Waals surface area contributed by atoms with Gasteiger partial charge in [-0.05, 0) is 55.7 Å². The Bertz CT molecular complexity index is 927. The maximum Gasteiger partial charge on any atom is 0.184 e. The molecule has 0 bridgehead atoms. The van der Waals surface area contributed by atoms with Crippen LogP contribution in [0.5, 0.6) is 5.75 Å². The van der Waals surface area contributed by atoms with E-state index in [2.05, 4.69) is 37.3 Å². The third-order valence-electron chi connectivity index (χ3n) is 4.65. The van der Waals surface area contributed by atoms with Crippen molar-refractivity contribution in [3.63, 3.8) is 0 Å². The van der Waals surface area contributed by atoms with Gasteiger partial charge in [0.05, 0.1) is 24.2 Å². The van der Waals surface area contributed by atoms with Crippen LogP contribution in [0.3, 0.4) is 0 Å². The molecule has 0 atom stereocenters. The molecule has 4 rings (SSSR count). The van der Waals surface area contributed by atoms with E-state index in [-0.39, 0.29) is 12.4 Å². The van der Waals surface area contributed by atoms with Crippen molar-refractivity contribution in [3.05, 3.63) is 59.8 Å². The molecule has 0 aliphatic carbocycles. The summed E-state index contributed by atoms with van der Waals surface area (Å²) in [4.78, 5) is 5.85. The third kappa shape index (κ3) is 4.12. The molecule has 0 N–H and O–H groups in total. The van der Waals surface area contributed by atoms with Gasteiger partial charge in [0.25, 0.3) is 0 Å². The van der Waals surface area contributed by atoms with Gasteiger partial charge in [-0.25, -0.2) is 4.98 Å². The van der Waals surface area contributed by atoms with Crippen LogP contribution in [0, 0.1) is 0 Å². The Labute approximate surface area is 170 Å². The Hall–Kier alpha value is -2.21. The van der Waals surface area contributed by atoms with Gasteiger partial charge in [-0.3, -0.25) is 0 Å². The molecule has 0 unspecified atom stereocenters. The summed E-state index contributed by atoms with van der Waals surface area (Å²) in [6.45, 7) is 7.55. The van der Waals surface area contributed by atoms with E-state index in [0.29, 0.717) is 13.2 Å². The number of nitrogens with zero attached hydrogens (tertiary/aromatic N) is 1. The molecule has 1 aromatic heterocycles. The summed E-state index contributed by atoms with van der Waals surface area (Å²) in [6, 6.07) is 14.6. The molecule has 28 heavy (non-hydrogen) atoms. The Morgan fingerprint density at radius 3 is 2.54 bits per heavy atom. The van der Waals surface area contributed by atoms with Crippen molar-refractivity contribution >= 4 is 11.3 Å². The van der Waals surface area contributed by atoms with Crippen LogP contribution < -0.4 is 4.74 Å². The molecular weight excluding hydrogens is 370 g/mol. The molecule has 0 amide bonds. The van der Waals surface area contributed by atoms with E-state index < -0.39 is 0 Å². The lowest BCUT2D eigenvalue weighted by atomic mass is 10.0. The van der Waals surface area contributed by atoms with E-state index in [4.69, 9.17) is 19.2 Å². The Morgan fingerprint density at radius 2 is 1.86 bits per heavy atom. The van der Waals surface area contributed by atoms with Crippen LogP contribution in [-0.4, -0.2) is 24.3 Å². The molecule has 146 valence electrons. The van der Waals surface area contributed by atoms with Crippen LogP contribution in [-0.2, 0) is 15.9 Å². The fraction of sp³-hybridized carbons (Fsp3) is 0.348. The predicted molar refractivity (Wildman–Crippen MR) is 113 cm³/mol. The summed E-state index contributed by atoms with van der Waals surface area (Å²) >= 11 is 1.71. The molecule has 2 heterocycles. The fourth-order valence-corrected chi connectivity index (χ4v) is 4.30. The van der Waals surface area contributed by atoms with Crippen LogP contribution in [0.25, 0.3) is 21.0 Å². The topological polar surface area (TPSA) is 40.6 Å². The second-order valence-electron chi connectivity index (χ2n) is 7.06. The van der Waals surface area contributed by atoms with Crippen molar-refractivity contribution in [2.75, 3.05) is 13.2 Å². The minimum Gasteiger partial charge on any atom is -0.491 e. The second-order valence-corrected chi connectivity index (χ2v) is 8.09. The molecule has 3 aromatic rings. The molecule has 1 fully saturated rings. The Morgan fingerprint density at radius 1 is 1.11 bits per heavy atom. The average molecular weight is 396 g/mol. The van der Waals surface area contributed by atoms with Gasteiger partial charge in [-0.15, -0.1) is 11.3 Å². The van der Waals surface area contributed by atoms with Crippen molar-refractivity contribution in [2.24, 2.45) is 0 Å². The summed E-state index contributed by atoms with van der Waals surface area (Å²) in [5.41, 5.74) is 4.68. The first-order valence-corrected chi connectivity index (χ1v) is 10.5. The highest BCUT2D eigenvalue weighted by Crippen LogP contribution is 2.36. The molecule has 1 aliphatic rings. The van der Waals surface area contributed by atoms with Crippen molar-refractivity contribution in [1.82, 2.24) is 4.98 Å². The lowest BCUT2D eigenvalue weighted by Crippen LogP contribution is -2.04. The van der Waals surface area contributed by atoms with Crippen molar-refractivity contribution < 1.29 is 14.2 Å². The normalized spacial score (nSPS) is 14.7. The highest BCUT2D eigenvalue weighted by atomic mass is 32.1. The van der Waals surface area contributed by atoms with Crippen molar-refractivity contribution in [2.45, 2.75) is 39.6 Å². The van der Waals surface area contributed by atoms with Crippen LogP contribution in [0.4, 0.5) is 0 Å². The average Bonchev–Trinajstić information content (AvgIpc) is 3.40. The number of thiazole rings is 1. The highest BCUT2D eigenvalue weighted by Gasteiger charge is 2.20. The van der Waals surface area contributed by atoms with Crippen molar-refractivity contribution in [1.29, 1.82) is 0 Å². The standard InChI is InChI=1S/C23H25NO3S/c1-4-16-13-18(23-25-11-12-26-23)7-10-20(16)22-24-14-21(28-22)17-5-8-19(9-6-17)27-15(2)3/h5-10,13-15,23H,4,11-12H2,1-3H3. The monoisotopic (exact) mass is 395 g/mol. The zero-order valence-corrected chi connectivity index (χ0v) is 17.3. The summed E-state index contributed by atoms with van der Waals surface area (Å²) in [5.74, 6) is 0.892. The predicted octanol–water partition coefficient (Wildman–Crippen LogP) is 5.87. The molecule has 1 saturated heterocycles. The lowest BCUT2D eigenvalue weighted by molar-refractivity contribution is -0.0441. The highest BCUT2D eigenvalue weighted by molar-refractivity contribution is 7.18. The number of benzene rings is 2. The molecular formula is C23H25NO3S. The third-order valence-corrected chi connectivity index (χ3v) is 5.73. The Balaban J connectivity index is 1.58. The minimum absolute atomic E-state index is 0.177. The van der Waals surface area contributed by atoms with E-state index in [9.17, 15) is 0 Å². The van der Waals surface area contributed by atoms with Gasteiger partial charge in [0.1, 0.15) is 10.8 Å². The Kier molecular flexibility index (Phi) is 5.76. The number of rotatable bonds is 6. The largest absolute Gasteiger partial charge is 0.491 e. The zero-order valence-electron chi connectivity index (χ0n) is 16.5. The molecule has 4 nitrogen and oxygen atoms in total. The first-order chi connectivity index (χ1) is 13.6. The number of aryl methyl sites for hydroxylation is 1. The molecule has 2 aromatic carbocycles. The SMILES string of the molecule is CCc1cc(C2OCCO2)ccc1-c1ncc(-c2ccc(OC(C)C)cc2)s1. The maximum atomic E-state index is 5.73. The van der Waals surface area contributed by atoms with Gasteiger partial charge in [-0.2, -0.15) is 0 Å². The number of hydrogen-bond donors (Lipinski definition) is 0. The van der Waals surface area contributed by atoms with Crippen LogP contribution >= 0.6 is 11.3 Å². The molecule has 1 aliphatic heterocycles. The minimum atomic E-state index is -0.238. The molecule has 0 spiro atoms. The van der Waals surface area contributed by atoms with Gasteiger partial charge in [0.15, 0.2) is 6.29 Å². The summed E-state index contributed by atoms with van der Waals surface area (Å²) < 4.78 is 17.0. The lowest BCUT2D eigenvalue weighted by Gasteiger charge is -2.13. The number of ether oxygens (including phenoxy) is 3. The van der Waals surface area contributed by atoms with Gasteiger partial charge in [-0.1, -0.05) is 25.1 Å². The van der Waals surface area contributed by atoms with E-state index in [0.717, 1.165) is 33.2 Å². The summed E-state index contributed by atoms with van der Waals surface area (Å²) in [5, 5.41) is 1.04. The molecule has 0 radical (unpaired) electrons. The van der Waals surface area contributed by atoms with E-state index in [1.165, 1.54) is 11.1 Å². The van der Waals surface area contributed by atoms with Gasteiger partial charge in [0.2, 0.25) is 0 Å². The number of aromatic nitrogens is 1. The fourth-order valence-electron chi connectivity index (χ4n) is 3.31. The van der Waals surface area contributed by atoms with Crippen molar-refractivity contribution in [3.8, 4) is 26.8 Å². The first kappa shape index (κ1) is 19.1. The van der Waals surface area contributed by atoms with Gasteiger partial charge < -0.3 is 14.2 Å². The van der Waals surface area contributed by atoms with E-state index in [1.807, 2.05) is 32.2 Å². The molecule has 0 saturated carbocycles. The van der Waals surface area contributed by atoms with E-state index in [1.54, 1.807) is 11.3 Å². The maximum absolute atomic E-state index is 5.73. The van der Waals surface area contributed by atoms with Gasteiger partial charge in [0, 0.05) is 17.3 Å².